The molecule has 0 atom stereocenters. The Kier molecular flexibility index (Phi) is 3.54. The van der Waals surface area contributed by atoms with Crippen LogP contribution in [-0.4, -0.2) is 28.7 Å². The summed E-state index contributed by atoms with van der Waals surface area (Å²) >= 11 is 0. The van der Waals surface area contributed by atoms with Crippen LogP contribution in [0.25, 0.3) is 10.9 Å². The summed E-state index contributed by atoms with van der Waals surface area (Å²) in [6, 6.07) is 7.98. The van der Waals surface area contributed by atoms with Crippen molar-refractivity contribution in [1.82, 2.24) is 15.1 Å². The molecule has 90 valence electrons. The molecule has 17 heavy (non-hydrogen) atoms. The van der Waals surface area contributed by atoms with Crippen molar-refractivity contribution in [1.29, 1.82) is 0 Å². The van der Waals surface area contributed by atoms with Gasteiger partial charge in [0.2, 0.25) is 0 Å². The van der Waals surface area contributed by atoms with Gasteiger partial charge >= 0.3 is 0 Å². The minimum absolute atomic E-state index is 0.177. The Balaban J connectivity index is 2.21. The molecule has 0 aliphatic carbocycles. The van der Waals surface area contributed by atoms with Crippen LogP contribution in [0, 0.1) is 0 Å². The lowest BCUT2D eigenvalue weighted by atomic mass is 10.1. The van der Waals surface area contributed by atoms with Crippen LogP contribution in [0.3, 0.4) is 0 Å². The molecule has 0 radical (unpaired) electrons. The van der Waals surface area contributed by atoms with Crippen LogP contribution in [0.2, 0.25) is 0 Å². The van der Waals surface area contributed by atoms with Crippen molar-refractivity contribution in [3.8, 4) is 0 Å². The summed E-state index contributed by atoms with van der Waals surface area (Å²) in [5, 5.41) is 8.51. The minimum atomic E-state index is 0.177. The van der Waals surface area contributed by atoms with E-state index in [0.717, 1.165) is 23.1 Å². The number of carbonyl (C=O) groups excluding carboxylic acids is 1. The van der Waals surface area contributed by atoms with E-state index in [1.165, 1.54) is 0 Å². The predicted octanol–water partition coefficient (Wildman–Crippen LogP) is 1.29. The summed E-state index contributed by atoms with van der Waals surface area (Å²) in [6.07, 6.45) is 0.397. The Morgan fingerprint density at radius 1 is 1.41 bits per heavy atom. The molecule has 4 heteroatoms. The van der Waals surface area contributed by atoms with Crippen LogP contribution in [0.1, 0.15) is 12.6 Å². The molecule has 4 nitrogen and oxygen atoms in total. The minimum Gasteiger partial charge on any atom is -0.310 e. The summed E-state index contributed by atoms with van der Waals surface area (Å²) < 4.78 is 1.82. The molecular weight excluding hydrogens is 214 g/mol. The number of hydrogen-bond donors (Lipinski definition) is 1. The standard InChI is InChI=1S/C13H17N3O/c1-3-14-9-10(17)8-12-11-6-4-5-7-13(11)16(2)15-12/h4-7,14H,3,8-9H2,1-2H3. The second kappa shape index (κ2) is 5.10. The molecule has 0 unspecified atom stereocenters. The number of nitrogens with one attached hydrogen (secondary N) is 1. The van der Waals surface area contributed by atoms with E-state index in [-0.39, 0.29) is 5.78 Å². The number of nitrogens with zero attached hydrogens (tertiary/aromatic N) is 2. The predicted molar refractivity (Wildman–Crippen MR) is 68.0 cm³/mol. The van der Waals surface area contributed by atoms with Crippen molar-refractivity contribution in [2.75, 3.05) is 13.1 Å². The molecule has 2 rings (SSSR count). The topological polar surface area (TPSA) is 46.9 Å². The number of aryl methyl sites for hydroxylation is 1. The number of rotatable bonds is 5. The number of aromatic nitrogens is 2. The molecule has 0 bridgehead atoms. The molecule has 0 spiro atoms. The van der Waals surface area contributed by atoms with Gasteiger partial charge in [-0.3, -0.25) is 9.48 Å². The Bertz CT molecular complexity index is 530. The van der Waals surface area contributed by atoms with Crippen LogP contribution in [-0.2, 0) is 18.3 Å². The van der Waals surface area contributed by atoms with Gasteiger partial charge in [-0.15, -0.1) is 0 Å². The lowest BCUT2D eigenvalue weighted by Crippen LogP contribution is -2.23. The summed E-state index contributed by atoms with van der Waals surface area (Å²) in [5.74, 6) is 0.177. The smallest absolute Gasteiger partial charge is 0.152 e. The van der Waals surface area contributed by atoms with Gasteiger partial charge in [0.25, 0.3) is 0 Å². The van der Waals surface area contributed by atoms with Crippen molar-refractivity contribution in [3.63, 3.8) is 0 Å². The number of para-hydroxylation sites is 1. The molecule has 2 aromatic rings. The van der Waals surface area contributed by atoms with Gasteiger partial charge in [0.15, 0.2) is 5.78 Å². The molecule has 1 aromatic carbocycles. The molecule has 0 fully saturated rings. The first-order valence-electron chi connectivity index (χ1n) is 5.85. The lowest BCUT2D eigenvalue weighted by molar-refractivity contribution is -0.117. The van der Waals surface area contributed by atoms with E-state index in [1.807, 2.05) is 42.9 Å². The maximum Gasteiger partial charge on any atom is 0.152 e. The van der Waals surface area contributed by atoms with Crippen LogP contribution >= 0.6 is 0 Å². The van der Waals surface area contributed by atoms with Gasteiger partial charge in [0.1, 0.15) is 0 Å². The van der Waals surface area contributed by atoms with E-state index in [1.54, 1.807) is 0 Å². The Hall–Kier alpha value is -1.68. The highest BCUT2D eigenvalue weighted by molar-refractivity contribution is 5.89. The Morgan fingerprint density at radius 3 is 2.94 bits per heavy atom. The molecule has 0 aliphatic rings. The zero-order valence-electron chi connectivity index (χ0n) is 10.2. The average Bonchev–Trinajstić information content (AvgIpc) is 2.65. The first-order valence-corrected chi connectivity index (χ1v) is 5.85. The Labute approximate surface area is 101 Å². The van der Waals surface area contributed by atoms with Gasteiger partial charge < -0.3 is 5.32 Å². The zero-order valence-corrected chi connectivity index (χ0v) is 10.2. The highest BCUT2D eigenvalue weighted by atomic mass is 16.1. The van der Waals surface area contributed by atoms with Crippen molar-refractivity contribution in [3.05, 3.63) is 30.0 Å². The monoisotopic (exact) mass is 231 g/mol. The number of likely N-dealkylation sites (N-methyl/N-ethyl adjacent to an activating group) is 1. The largest absolute Gasteiger partial charge is 0.310 e. The van der Waals surface area contributed by atoms with Crippen molar-refractivity contribution < 1.29 is 4.79 Å². The molecule has 0 amide bonds. The van der Waals surface area contributed by atoms with Gasteiger partial charge in [-0.25, -0.2) is 0 Å². The van der Waals surface area contributed by atoms with E-state index >= 15 is 0 Å². The van der Waals surface area contributed by atoms with Crippen molar-refractivity contribution in [2.24, 2.45) is 7.05 Å². The third kappa shape index (κ3) is 2.53. The Morgan fingerprint density at radius 2 is 2.18 bits per heavy atom. The van der Waals surface area contributed by atoms with Crippen LogP contribution in [0.5, 0.6) is 0 Å². The SMILES string of the molecule is CCNCC(=O)Cc1nn(C)c2ccccc12. The zero-order chi connectivity index (χ0) is 12.3. The first-order chi connectivity index (χ1) is 8.22. The molecule has 0 saturated carbocycles. The van der Waals surface area contributed by atoms with Gasteiger partial charge in [-0.1, -0.05) is 25.1 Å². The maximum atomic E-state index is 11.7. The first kappa shape index (κ1) is 11.8. The third-order valence-electron chi connectivity index (χ3n) is 2.77. The summed E-state index contributed by atoms with van der Waals surface area (Å²) in [6.45, 7) is 3.22. The number of benzene rings is 1. The maximum absolute atomic E-state index is 11.7. The second-order valence-electron chi connectivity index (χ2n) is 4.08. The quantitative estimate of drug-likeness (QED) is 0.843. The number of fused-ring (bicyclic) bond motifs is 1. The molecule has 0 aliphatic heterocycles. The van der Waals surface area contributed by atoms with Gasteiger partial charge in [0, 0.05) is 12.4 Å². The second-order valence-corrected chi connectivity index (χ2v) is 4.08. The van der Waals surface area contributed by atoms with E-state index in [4.69, 9.17) is 0 Å². The number of hydrogen-bond acceptors (Lipinski definition) is 3. The van der Waals surface area contributed by atoms with Gasteiger partial charge in [0.05, 0.1) is 24.2 Å². The van der Waals surface area contributed by atoms with E-state index < -0.39 is 0 Å². The van der Waals surface area contributed by atoms with Crippen LogP contribution in [0.4, 0.5) is 0 Å². The molecule has 1 heterocycles. The van der Waals surface area contributed by atoms with E-state index in [2.05, 4.69) is 10.4 Å². The molecule has 1 N–H and O–H groups in total. The molecular formula is C13H17N3O. The third-order valence-corrected chi connectivity index (χ3v) is 2.77. The summed E-state index contributed by atoms with van der Waals surface area (Å²) in [7, 11) is 1.90. The molecule has 0 saturated heterocycles. The van der Waals surface area contributed by atoms with Gasteiger partial charge in [-0.05, 0) is 12.6 Å². The van der Waals surface area contributed by atoms with Crippen molar-refractivity contribution >= 4 is 16.7 Å². The normalized spacial score (nSPS) is 10.9. The van der Waals surface area contributed by atoms with E-state index in [0.29, 0.717) is 13.0 Å². The highest BCUT2D eigenvalue weighted by Gasteiger charge is 2.11. The number of carbonyl (C=O) groups is 1. The summed E-state index contributed by atoms with van der Waals surface area (Å²) in [4.78, 5) is 11.7. The van der Waals surface area contributed by atoms with Crippen molar-refractivity contribution in [2.45, 2.75) is 13.3 Å². The fraction of sp³-hybridized carbons (Fsp3) is 0.385. The summed E-state index contributed by atoms with van der Waals surface area (Å²) in [5.41, 5.74) is 1.93. The lowest BCUT2D eigenvalue weighted by Gasteiger charge is -1.99. The average molecular weight is 231 g/mol. The fourth-order valence-electron chi connectivity index (χ4n) is 1.93. The van der Waals surface area contributed by atoms with Gasteiger partial charge in [-0.2, -0.15) is 5.10 Å². The molecule has 1 aromatic heterocycles. The van der Waals surface area contributed by atoms with Crippen LogP contribution < -0.4 is 5.32 Å². The van der Waals surface area contributed by atoms with E-state index in [9.17, 15) is 4.79 Å². The number of ketones is 1. The number of Topliss-reactive ketones (excluding diaryl/α,β-unsaturated/α-hetero) is 1. The fourth-order valence-corrected chi connectivity index (χ4v) is 1.93. The van der Waals surface area contributed by atoms with Crippen LogP contribution in [0.15, 0.2) is 24.3 Å². The highest BCUT2D eigenvalue weighted by Crippen LogP contribution is 2.17.